The molecule has 4 atom stereocenters. The molecule has 500 valence electrons. The molecule has 2 unspecified atom stereocenters. The predicted molar refractivity (Wildman–Crippen MR) is 341 cm³/mol. The summed E-state index contributed by atoms with van der Waals surface area (Å²) in [5, 5.41) is 55.0. The smallest absolute Gasteiger partial charge is 0.392 e. The minimum absolute atomic E-state index is 0.0327. The Labute approximate surface area is 550 Å². The van der Waals surface area contributed by atoms with Crippen LogP contribution in [-0.2, 0) is 28.7 Å². The first-order valence-corrected chi connectivity index (χ1v) is 31.7. The number of nitrogens with zero attached hydrogens (tertiary/aromatic N) is 6. The predicted octanol–water partition coefficient (Wildman–Crippen LogP) is 10.5. The summed E-state index contributed by atoms with van der Waals surface area (Å²) >= 11 is 0. The average molecular weight is 1320 g/mol. The topological polar surface area (TPSA) is 290 Å². The summed E-state index contributed by atoms with van der Waals surface area (Å²) in [6.07, 6.45) is 0.783. The molecule has 0 radical (unpaired) electrons. The molecule has 1 aromatic heterocycles. The molecule has 3 aliphatic carbocycles. The van der Waals surface area contributed by atoms with Crippen LogP contribution in [-0.4, -0.2) is 144 Å². The van der Waals surface area contributed by atoms with Crippen LogP contribution >= 0.6 is 0 Å². The SMILES string of the molecule is N#Cc1cc(-c2cc(NC(=O)C3CC3)ccn2)ccc1OC1CCN(C(=O)CO)CC1.N#Cc1cc(-c2cccc(NC(=O)C3(CF)CC3)c2)ccc1OC1CCOCC1.N#Cc1cc(-c2cccc(NC(=O)C3CC3C(F)(F)F)c2)ccc1O[C@H]1CCN(C(=O)CO)C[C@H]1F. The zero-order chi connectivity index (χ0) is 68.1. The van der Waals surface area contributed by atoms with Crippen molar-refractivity contribution in [3.8, 4) is 69.0 Å². The van der Waals surface area contributed by atoms with Crippen LogP contribution in [0.2, 0.25) is 0 Å². The van der Waals surface area contributed by atoms with E-state index in [0.717, 1.165) is 42.4 Å². The third-order valence-corrected chi connectivity index (χ3v) is 17.6. The number of rotatable bonds is 18. The fraction of sp³-hybridized carbons (Fsp3) is 0.394. The number of aliphatic hydroxyl groups is 2. The van der Waals surface area contributed by atoms with E-state index in [9.17, 15) is 61.7 Å². The van der Waals surface area contributed by atoms with Gasteiger partial charge < -0.3 is 54.9 Å². The lowest BCUT2D eigenvalue weighted by molar-refractivity contribution is -0.153. The third-order valence-electron chi connectivity index (χ3n) is 17.6. The maximum Gasteiger partial charge on any atom is 0.392 e. The van der Waals surface area contributed by atoms with Gasteiger partial charge in [0.25, 0.3) is 0 Å². The van der Waals surface area contributed by atoms with Crippen LogP contribution in [0.3, 0.4) is 0 Å². The molecule has 3 aliphatic heterocycles. The quantitative estimate of drug-likeness (QED) is 0.0500. The molecule has 4 heterocycles. The fourth-order valence-corrected chi connectivity index (χ4v) is 11.4. The van der Waals surface area contributed by atoms with Crippen LogP contribution in [0.1, 0.15) is 80.9 Å². The first-order valence-electron chi connectivity index (χ1n) is 31.7. The Balaban J connectivity index is 0.000000158. The van der Waals surface area contributed by atoms with Crippen LogP contribution in [0.25, 0.3) is 33.5 Å². The lowest BCUT2D eigenvalue weighted by atomic mass is 10.0. The van der Waals surface area contributed by atoms with Crippen LogP contribution in [0.5, 0.6) is 17.2 Å². The Morgan fingerprint density at radius 2 is 1.10 bits per heavy atom. The number of benzene rings is 5. The first-order chi connectivity index (χ1) is 46.3. The number of aromatic nitrogens is 1. The molecule has 0 bridgehead atoms. The lowest BCUT2D eigenvalue weighted by Crippen LogP contribution is -2.50. The zero-order valence-electron chi connectivity index (χ0n) is 52.2. The van der Waals surface area contributed by atoms with Crippen molar-refractivity contribution in [2.75, 3.05) is 75.2 Å². The maximum absolute atomic E-state index is 14.6. The summed E-state index contributed by atoms with van der Waals surface area (Å²) in [6.45, 7) is 0.586. The second-order valence-electron chi connectivity index (χ2n) is 24.4. The van der Waals surface area contributed by atoms with Crippen molar-refractivity contribution in [2.24, 2.45) is 23.2 Å². The Morgan fingerprint density at radius 1 is 0.604 bits per heavy atom. The Hall–Kier alpha value is -10.0. The number of amides is 5. The van der Waals surface area contributed by atoms with Gasteiger partial charge in [0, 0.05) is 86.5 Å². The number of likely N-dealkylation sites (tertiary alicyclic amines) is 2. The van der Waals surface area contributed by atoms with Crippen LogP contribution < -0.4 is 30.2 Å². The fourth-order valence-electron chi connectivity index (χ4n) is 11.4. The number of nitrogens with one attached hydrogen (secondary N) is 3. The van der Waals surface area contributed by atoms with E-state index in [1.807, 2.05) is 42.5 Å². The highest BCUT2D eigenvalue weighted by atomic mass is 19.4. The Morgan fingerprint density at radius 3 is 1.62 bits per heavy atom. The Kier molecular flexibility index (Phi) is 22.3. The molecule has 6 aliphatic rings. The standard InChI is InChI=1S/C25H23F4N3O4.C23H23FN2O3.C23H24N4O4/c26-20-12-32(23(34)13-33)7-6-22(20)36-21-5-4-15(8-16(21)11-30)14-2-1-3-17(9-14)31-24(35)18-10-19(18)25(27,28)29;24-15-23(8-9-23)22(27)26-19-3-1-2-16(13-19)17-4-5-21(18(12-17)14-25)29-20-6-10-28-11-7-20;24-13-17-11-16(20-12-18(5-8-25-20)26-23(30)15-1-2-15)3-4-21(17)31-19-6-9-27(10-7-19)22(29)14-28/h1-5,8-9,18-20,22,33H,6-7,10,12-13H2,(H,31,35);1-5,12-13,20H,6-11,15H2,(H,26,27);3-5,8,11-12,15,19,28H,1-2,6-7,9-10,14H2,(H,25,26,30)/t18?,19?,20-,22+;;/m1../s1. The van der Waals surface area contributed by atoms with Crippen molar-refractivity contribution in [1.82, 2.24) is 14.8 Å². The molecule has 20 nitrogen and oxygen atoms in total. The average Bonchev–Trinajstić information content (AvgIpc) is 1.58. The van der Waals surface area contributed by atoms with Gasteiger partial charge in [0.15, 0.2) is 6.17 Å². The van der Waals surface area contributed by atoms with Crippen LogP contribution in [0, 0.1) is 57.2 Å². The van der Waals surface area contributed by atoms with Gasteiger partial charge in [-0.05, 0) is 133 Å². The van der Waals surface area contributed by atoms with E-state index in [-0.39, 0.29) is 73.1 Å². The highest BCUT2D eigenvalue weighted by molar-refractivity contribution is 5.98. The number of hydrogen-bond donors (Lipinski definition) is 5. The van der Waals surface area contributed by atoms with E-state index in [1.54, 1.807) is 77.8 Å². The van der Waals surface area contributed by atoms with Crippen molar-refractivity contribution >= 4 is 46.6 Å². The van der Waals surface area contributed by atoms with Gasteiger partial charge in [-0.15, -0.1) is 0 Å². The van der Waals surface area contributed by atoms with Crippen molar-refractivity contribution < 1.29 is 75.1 Å². The summed E-state index contributed by atoms with van der Waals surface area (Å²) in [4.78, 5) is 66.9. The highest BCUT2D eigenvalue weighted by Gasteiger charge is 2.59. The number of aliphatic hydroxyl groups excluding tert-OH is 2. The minimum atomic E-state index is -4.39. The van der Waals surface area contributed by atoms with Crippen molar-refractivity contribution in [2.45, 2.75) is 94.9 Å². The van der Waals surface area contributed by atoms with Gasteiger partial charge in [0.05, 0.1) is 59.4 Å². The molecule has 6 fully saturated rings. The van der Waals surface area contributed by atoms with Gasteiger partial charge in [-0.2, -0.15) is 29.0 Å². The van der Waals surface area contributed by atoms with E-state index < -0.39 is 67.4 Å². The number of halogens is 5. The molecular weight excluding hydrogens is 1250 g/mol. The number of alkyl halides is 5. The molecule has 5 amide bonds. The summed E-state index contributed by atoms with van der Waals surface area (Å²) in [5.74, 6) is -3.11. The van der Waals surface area contributed by atoms with Crippen molar-refractivity contribution in [1.29, 1.82) is 15.8 Å². The number of anilines is 3. The monoisotopic (exact) mass is 1320 g/mol. The molecule has 96 heavy (non-hydrogen) atoms. The van der Waals surface area contributed by atoms with Gasteiger partial charge in [0.2, 0.25) is 29.5 Å². The van der Waals surface area contributed by atoms with Gasteiger partial charge >= 0.3 is 6.18 Å². The number of nitriles is 3. The lowest BCUT2D eigenvalue weighted by Gasteiger charge is -2.34. The largest absolute Gasteiger partial charge is 0.489 e. The number of pyridine rings is 1. The third kappa shape index (κ3) is 17.7. The molecule has 3 saturated carbocycles. The molecule has 25 heteroatoms. The zero-order valence-corrected chi connectivity index (χ0v) is 52.2. The summed E-state index contributed by atoms with van der Waals surface area (Å²) < 4.78 is 89.1. The number of ether oxygens (including phenoxy) is 4. The van der Waals surface area contributed by atoms with Crippen molar-refractivity contribution in [3.05, 3.63) is 138 Å². The van der Waals surface area contributed by atoms with Crippen molar-refractivity contribution in [3.63, 3.8) is 0 Å². The second-order valence-corrected chi connectivity index (χ2v) is 24.4. The molecule has 5 aromatic carbocycles. The van der Waals surface area contributed by atoms with Gasteiger partial charge in [-0.3, -0.25) is 29.0 Å². The van der Waals surface area contributed by atoms with Crippen LogP contribution in [0.15, 0.2) is 121 Å². The summed E-state index contributed by atoms with van der Waals surface area (Å²) in [7, 11) is 0. The summed E-state index contributed by atoms with van der Waals surface area (Å²) in [5.41, 5.74) is 6.15. The second kappa shape index (κ2) is 31.0. The summed E-state index contributed by atoms with van der Waals surface area (Å²) in [6, 6.07) is 39.4. The van der Waals surface area contributed by atoms with Gasteiger partial charge in [0.1, 0.15) is 73.7 Å². The first kappa shape index (κ1) is 68.8. The van der Waals surface area contributed by atoms with E-state index in [4.69, 9.17) is 29.2 Å². The number of carbonyl (C=O) groups excluding carboxylic acids is 5. The highest BCUT2D eigenvalue weighted by Crippen LogP contribution is 2.51. The number of carbonyl (C=O) groups is 5. The van der Waals surface area contributed by atoms with E-state index in [2.05, 4.69) is 33.1 Å². The number of hydrogen-bond acceptors (Lipinski definition) is 15. The Bertz CT molecular complexity index is 3960. The van der Waals surface area contributed by atoms with E-state index in [1.165, 1.54) is 17.0 Å². The molecule has 0 spiro atoms. The normalized spacial score (nSPS) is 19.5. The molecule has 5 N–H and O–H groups in total. The molecule has 6 aromatic rings. The van der Waals surface area contributed by atoms with Gasteiger partial charge in [-0.25, -0.2) is 8.78 Å². The van der Waals surface area contributed by atoms with E-state index >= 15 is 0 Å². The maximum atomic E-state index is 14.6. The van der Waals surface area contributed by atoms with Gasteiger partial charge in [-0.1, -0.05) is 36.4 Å². The van der Waals surface area contributed by atoms with Crippen LogP contribution in [0.4, 0.5) is 39.0 Å². The minimum Gasteiger partial charge on any atom is -0.489 e. The molecule has 3 saturated heterocycles. The number of piperidine rings is 2. The van der Waals surface area contributed by atoms with E-state index in [0.29, 0.717) is 108 Å². The molecule has 12 rings (SSSR count). The molecular formula is C71H70F5N9O11.